The highest BCUT2D eigenvalue weighted by Crippen LogP contribution is 2.28. The van der Waals surface area contributed by atoms with Crippen molar-refractivity contribution in [1.82, 2.24) is 18.9 Å². The molecule has 0 saturated carbocycles. The molecular weight excluding hydrogens is 418 g/mol. The number of carbonyl (C=O) groups is 1. The first kappa shape index (κ1) is 20.5. The number of carbonyl (C=O) groups excluding carboxylic acids is 1. The van der Waals surface area contributed by atoms with E-state index in [2.05, 4.69) is 19.7 Å². The summed E-state index contributed by atoms with van der Waals surface area (Å²) < 4.78 is 16.6. The molecule has 0 bridgehead atoms. The van der Waals surface area contributed by atoms with Crippen LogP contribution in [-0.4, -0.2) is 39.0 Å². The second kappa shape index (κ2) is 8.52. The van der Waals surface area contributed by atoms with Crippen molar-refractivity contribution in [3.8, 4) is 22.8 Å². The smallest absolute Gasteiger partial charge is 0.273 e. The van der Waals surface area contributed by atoms with Crippen molar-refractivity contribution in [1.29, 1.82) is 0 Å². The van der Waals surface area contributed by atoms with Crippen LogP contribution < -0.4 is 20.3 Å². The van der Waals surface area contributed by atoms with Gasteiger partial charge in [0.25, 0.3) is 5.56 Å². The molecule has 0 aliphatic carbocycles. The van der Waals surface area contributed by atoms with E-state index in [1.807, 2.05) is 12.1 Å². The molecule has 0 aliphatic heterocycles. The number of benzene rings is 1. The molecule has 0 aliphatic rings. The van der Waals surface area contributed by atoms with E-state index in [4.69, 9.17) is 9.47 Å². The number of fused-ring (bicyclic) bond motifs is 1. The van der Waals surface area contributed by atoms with Gasteiger partial charge in [-0.3, -0.25) is 19.1 Å². The van der Waals surface area contributed by atoms with E-state index < -0.39 is 0 Å². The average Bonchev–Trinajstić information content (AvgIpc) is 3.20. The van der Waals surface area contributed by atoms with Gasteiger partial charge in [-0.15, -0.1) is 0 Å². The first-order valence-electron chi connectivity index (χ1n) is 9.30. The minimum atomic E-state index is -0.375. The Hall–Kier alpha value is -3.79. The zero-order valence-corrected chi connectivity index (χ0v) is 17.9. The predicted octanol–water partition coefficient (Wildman–Crippen LogP) is 2.88. The molecule has 0 spiro atoms. The summed E-state index contributed by atoms with van der Waals surface area (Å²) >= 11 is 1.07. The number of aromatic nitrogens is 4. The molecule has 10 heteroatoms. The van der Waals surface area contributed by atoms with E-state index in [0.29, 0.717) is 38.9 Å². The number of aryl methyl sites for hydroxylation is 1. The Morgan fingerprint density at radius 2 is 1.81 bits per heavy atom. The van der Waals surface area contributed by atoms with E-state index in [-0.39, 0.29) is 18.0 Å². The van der Waals surface area contributed by atoms with Gasteiger partial charge in [0.15, 0.2) is 0 Å². The molecule has 4 rings (SSSR count). The van der Waals surface area contributed by atoms with Gasteiger partial charge >= 0.3 is 0 Å². The molecule has 0 unspecified atom stereocenters. The Kier molecular flexibility index (Phi) is 5.63. The average molecular weight is 437 g/mol. The van der Waals surface area contributed by atoms with Crippen LogP contribution >= 0.6 is 11.5 Å². The van der Waals surface area contributed by atoms with Crippen molar-refractivity contribution in [3.63, 3.8) is 0 Å². The molecule has 9 nitrogen and oxygen atoms in total. The number of nitrogens with one attached hydrogen (secondary N) is 1. The first-order chi connectivity index (χ1) is 15.0. The van der Waals surface area contributed by atoms with Crippen molar-refractivity contribution < 1.29 is 14.3 Å². The maximum absolute atomic E-state index is 13.0. The molecule has 0 radical (unpaired) electrons. The molecule has 0 atom stereocenters. The summed E-state index contributed by atoms with van der Waals surface area (Å²) in [4.78, 5) is 34.3. The van der Waals surface area contributed by atoms with Gasteiger partial charge in [-0.1, -0.05) is 0 Å². The van der Waals surface area contributed by atoms with Gasteiger partial charge in [0.1, 0.15) is 39.8 Å². The molecule has 0 saturated heterocycles. The Morgan fingerprint density at radius 3 is 2.45 bits per heavy atom. The van der Waals surface area contributed by atoms with Gasteiger partial charge < -0.3 is 14.8 Å². The summed E-state index contributed by atoms with van der Waals surface area (Å²) in [6.07, 6.45) is 3.32. The van der Waals surface area contributed by atoms with Gasteiger partial charge in [0, 0.05) is 41.8 Å². The third-order valence-electron chi connectivity index (χ3n) is 4.66. The molecule has 4 aromatic rings. The van der Waals surface area contributed by atoms with E-state index >= 15 is 0 Å². The van der Waals surface area contributed by atoms with Crippen molar-refractivity contribution >= 4 is 33.3 Å². The lowest BCUT2D eigenvalue weighted by atomic mass is 10.2. The Morgan fingerprint density at radius 1 is 1.13 bits per heavy atom. The fourth-order valence-electron chi connectivity index (χ4n) is 3.13. The summed E-state index contributed by atoms with van der Waals surface area (Å²) in [5, 5.41) is 2.77. The molecule has 1 N–H and O–H groups in total. The van der Waals surface area contributed by atoms with Gasteiger partial charge in [-0.2, -0.15) is 4.37 Å². The van der Waals surface area contributed by atoms with Crippen LogP contribution in [0, 0.1) is 6.92 Å². The SMILES string of the molecule is COc1cc(NC(=O)Cn2c(C)nc3c(-c4ccncc4)nsc3c2=O)cc(OC)c1. The summed E-state index contributed by atoms with van der Waals surface area (Å²) in [7, 11) is 3.05. The van der Waals surface area contributed by atoms with E-state index in [1.54, 1.807) is 37.5 Å². The zero-order chi connectivity index (χ0) is 22.0. The molecule has 31 heavy (non-hydrogen) atoms. The molecule has 158 valence electrons. The lowest BCUT2D eigenvalue weighted by Crippen LogP contribution is -2.29. The number of hydrogen-bond donors (Lipinski definition) is 1. The number of methoxy groups -OCH3 is 2. The Balaban J connectivity index is 1.63. The molecule has 3 heterocycles. The number of rotatable bonds is 6. The van der Waals surface area contributed by atoms with Crippen molar-refractivity contribution in [2.75, 3.05) is 19.5 Å². The number of hydrogen-bond acceptors (Lipinski definition) is 8. The lowest BCUT2D eigenvalue weighted by molar-refractivity contribution is -0.116. The maximum atomic E-state index is 13.0. The maximum Gasteiger partial charge on any atom is 0.273 e. The number of anilines is 1. The van der Waals surface area contributed by atoms with Crippen molar-refractivity contribution in [2.45, 2.75) is 13.5 Å². The van der Waals surface area contributed by atoms with Crippen LogP contribution in [0.4, 0.5) is 5.69 Å². The molecule has 3 aromatic heterocycles. The topological polar surface area (TPSA) is 108 Å². The number of pyridine rings is 1. The highest BCUT2D eigenvalue weighted by atomic mass is 32.1. The molecule has 0 fully saturated rings. The minimum Gasteiger partial charge on any atom is -0.497 e. The molecule has 1 amide bonds. The number of nitrogens with zero attached hydrogens (tertiary/aromatic N) is 4. The normalized spacial score (nSPS) is 10.8. The van der Waals surface area contributed by atoms with Crippen LogP contribution in [0.15, 0.2) is 47.5 Å². The summed E-state index contributed by atoms with van der Waals surface area (Å²) in [5.41, 5.74) is 2.17. The fourth-order valence-corrected chi connectivity index (χ4v) is 3.92. The first-order valence-corrected chi connectivity index (χ1v) is 10.1. The van der Waals surface area contributed by atoms with Crippen molar-refractivity contribution in [3.05, 3.63) is 58.9 Å². The van der Waals surface area contributed by atoms with Crippen LogP contribution in [-0.2, 0) is 11.3 Å². The van der Waals surface area contributed by atoms with Crippen molar-refractivity contribution in [2.24, 2.45) is 0 Å². The third-order valence-corrected chi connectivity index (χ3v) is 5.49. The molecular formula is C21H19N5O4S. The van der Waals surface area contributed by atoms with Gasteiger partial charge in [0.05, 0.1) is 14.2 Å². The Bertz CT molecular complexity index is 1290. The van der Waals surface area contributed by atoms with Gasteiger partial charge in [-0.25, -0.2) is 4.98 Å². The third kappa shape index (κ3) is 4.10. The summed E-state index contributed by atoms with van der Waals surface area (Å²) in [6.45, 7) is 1.51. The summed E-state index contributed by atoms with van der Waals surface area (Å²) in [5.74, 6) is 1.13. The second-order valence-corrected chi connectivity index (χ2v) is 7.42. The van der Waals surface area contributed by atoms with Gasteiger partial charge in [-0.05, 0) is 30.6 Å². The van der Waals surface area contributed by atoms with Gasteiger partial charge in [0.2, 0.25) is 5.91 Å². The lowest BCUT2D eigenvalue weighted by Gasteiger charge is -2.12. The van der Waals surface area contributed by atoms with E-state index in [9.17, 15) is 9.59 Å². The number of amides is 1. The Labute approximate surface area is 181 Å². The van der Waals surface area contributed by atoms with Crippen LogP contribution in [0.1, 0.15) is 5.82 Å². The summed E-state index contributed by atoms with van der Waals surface area (Å²) in [6, 6.07) is 8.66. The minimum absolute atomic E-state index is 0.185. The zero-order valence-electron chi connectivity index (χ0n) is 17.1. The molecule has 1 aromatic carbocycles. The quantitative estimate of drug-likeness (QED) is 0.494. The van der Waals surface area contributed by atoms with Crippen LogP contribution in [0.3, 0.4) is 0 Å². The highest BCUT2D eigenvalue weighted by molar-refractivity contribution is 7.13. The van der Waals surface area contributed by atoms with Crippen LogP contribution in [0.25, 0.3) is 21.5 Å². The second-order valence-electron chi connectivity index (χ2n) is 6.64. The monoisotopic (exact) mass is 437 g/mol. The highest BCUT2D eigenvalue weighted by Gasteiger charge is 2.18. The largest absolute Gasteiger partial charge is 0.497 e. The predicted molar refractivity (Wildman–Crippen MR) is 118 cm³/mol. The van der Waals surface area contributed by atoms with Crippen LogP contribution in [0.2, 0.25) is 0 Å². The van der Waals surface area contributed by atoms with Crippen LogP contribution in [0.5, 0.6) is 11.5 Å². The fraction of sp³-hybridized carbons (Fsp3) is 0.190. The standard InChI is InChI=1S/C21H19N5O4S/c1-12-23-19-18(13-4-6-22-7-5-13)25-31-20(19)21(28)26(12)11-17(27)24-14-8-15(29-2)10-16(9-14)30-3/h4-10H,11H2,1-3H3,(H,24,27). The van der Waals surface area contributed by atoms with E-state index in [0.717, 1.165) is 17.1 Å². The number of ether oxygens (including phenoxy) is 2. The van der Waals surface area contributed by atoms with E-state index in [1.165, 1.54) is 18.8 Å².